The molecular weight excluding hydrogens is 432 g/mol. The number of benzene rings is 2. The van der Waals surface area contributed by atoms with Crippen LogP contribution < -0.4 is 4.74 Å². The van der Waals surface area contributed by atoms with E-state index in [9.17, 15) is 15.0 Å². The van der Waals surface area contributed by atoms with Gasteiger partial charge in [-0.2, -0.15) is 9.78 Å². The van der Waals surface area contributed by atoms with Gasteiger partial charge < -0.3 is 14.9 Å². The summed E-state index contributed by atoms with van der Waals surface area (Å²) in [6.45, 7) is 1.88. The van der Waals surface area contributed by atoms with Gasteiger partial charge in [0.1, 0.15) is 5.75 Å². The fraction of sp³-hybridized carbons (Fsp3) is 0.0769. The molecule has 0 atom stereocenters. The summed E-state index contributed by atoms with van der Waals surface area (Å²) in [5, 5.41) is 24.1. The van der Waals surface area contributed by atoms with Gasteiger partial charge in [-0.05, 0) is 66.6 Å². The molecule has 0 bridgehead atoms. The lowest BCUT2D eigenvalue weighted by Crippen LogP contribution is -2.05. The minimum atomic E-state index is -0.0636. The zero-order chi connectivity index (χ0) is 24.1. The average molecular weight is 454 g/mol. The van der Waals surface area contributed by atoms with E-state index in [0.717, 1.165) is 22.5 Å². The number of aryl methyl sites for hydroxylation is 1. The number of rotatable bonds is 7. The minimum Gasteiger partial charge on any atom is -0.507 e. The third-order valence-electron chi connectivity index (χ3n) is 5.00. The molecule has 8 heteroatoms. The van der Waals surface area contributed by atoms with Crippen LogP contribution in [0.1, 0.15) is 38.6 Å². The molecule has 8 nitrogen and oxygen atoms in total. The monoisotopic (exact) mass is 454 g/mol. The van der Waals surface area contributed by atoms with Crippen molar-refractivity contribution >= 4 is 30.6 Å². The number of aromatic nitrogens is 4. The van der Waals surface area contributed by atoms with E-state index in [1.54, 1.807) is 53.4 Å². The number of hydrogen-bond donors (Lipinski definition) is 2. The van der Waals surface area contributed by atoms with E-state index in [1.807, 2.05) is 31.2 Å². The number of hydrogen-bond acceptors (Lipinski definition) is 7. The molecule has 4 aromatic rings. The van der Waals surface area contributed by atoms with Crippen molar-refractivity contribution in [3.05, 3.63) is 88.5 Å². The standard InChI is InChI=1S/C26H22N4O4/c1-17-11-12-27-26(28-17)30-22(8-4-19-6-10-24(33)25(14-19)34-2)15-21(29-30)7-3-18-5-9-23(32)20(13-18)16-31/h3-16,32-33H,1-2H3/b7-3+,8-4+. The molecule has 0 amide bonds. The highest BCUT2D eigenvalue weighted by Crippen LogP contribution is 2.27. The van der Waals surface area contributed by atoms with E-state index in [1.165, 1.54) is 13.2 Å². The van der Waals surface area contributed by atoms with Crippen LogP contribution in [0.15, 0.2) is 54.7 Å². The van der Waals surface area contributed by atoms with Crippen molar-refractivity contribution in [3.63, 3.8) is 0 Å². The topological polar surface area (TPSA) is 110 Å². The first-order valence-corrected chi connectivity index (χ1v) is 10.4. The molecule has 2 aromatic carbocycles. The lowest BCUT2D eigenvalue weighted by Gasteiger charge is -2.04. The number of carbonyl (C=O) groups is 1. The molecule has 0 aliphatic heterocycles. The Morgan fingerprint density at radius 1 is 0.912 bits per heavy atom. The van der Waals surface area contributed by atoms with Crippen LogP contribution in [0.3, 0.4) is 0 Å². The number of carbonyl (C=O) groups excluding carboxylic acids is 1. The summed E-state index contributed by atoms with van der Waals surface area (Å²) in [6.07, 6.45) is 9.62. The predicted molar refractivity (Wildman–Crippen MR) is 130 cm³/mol. The lowest BCUT2D eigenvalue weighted by atomic mass is 10.1. The van der Waals surface area contributed by atoms with Crippen molar-refractivity contribution in [3.8, 4) is 23.2 Å². The largest absolute Gasteiger partial charge is 0.507 e. The SMILES string of the molecule is COc1cc(/C=C/c2cc(/C=C/c3ccc(O)c(C=O)c3)nn2-c2nccc(C)n2)ccc1O. The van der Waals surface area contributed by atoms with Gasteiger partial charge in [0.15, 0.2) is 17.8 Å². The highest BCUT2D eigenvalue weighted by molar-refractivity contribution is 5.82. The van der Waals surface area contributed by atoms with Crippen LogP contribution in [-0.4, -0.2) is 43.4 Å². The van der Waals surface area contributed by atoms with Crippen molar-refractivity contribution in [1.29, 1.82) is 0 Å². The van der Waals surface area contributed by atoms with E-state index >= 15 is 0 Å². The first kappa shape index (κ1) is 22.5. The number of phenolic OH excluding ortho intramolecular Hbond substituents is 2. The van der Waals surface area contributed by atoms with E-state index in [2.05, 4.69) is 15.1 Å². The Kier molecular flexibility index (Phi) is 6.49. The van der Waals surface area contributed by atoms with Gasteiger partial charge in [0.2, 0.25) is 0 Å². The van der Waals surface area contributed by atoms with Crippen LogP contribution in [-0.2, 0) is 0 Å². The third-order valence-corrected chi connectivity index (χ3v) is 5.00. The molecule has 2 heterocycles. The minimum absolute atomic E-state index is 0.0636. The molecule has 0 saturated heterocycles. The Bertz CT molecular complexity index is 1410. The zero-order valence-corrected chi connectivity index (χ0v) is 18.6. The maximum Gasteiger partial charge on any atom is 0.251 e. The van der Waals surface area contributed by atoms with Crippen molar-refractivity contribution in [2.45, 2.75) is 6.92 Å². The fourth-order valence-corrected chi connectivity index (χ4v) is 3.24. The normalized spacial score (nSPS) is 11.4. The van der Waals surface area contributed by atoms with E-state index in [-0.39, 0.29) is 17.1 Å². The molecule has 0 radical (unpaired) electrons. The molecule has 4 rings (SSSR count). The molecule has 0 unspecified atom stereocenters. The maximum absolute atomic E-state index is 11.1. The van der Waals surface area contributed by atoms with Gasteiger partial charge in [-0.25, -0.2) is 9.97 Å². The Labute approximate surface area is 196 Å². The van der Waals surface area contributed by atoms with Crippen LogP contribution in [0.5, 0.6) is 17.2 Å². The Balaban J connectivity index is 1.71. The average Bonchev–Trinajstić information content (AvgIpc) is 3.26. The van der Waals surface area contributed by atoms with Gasteiger partial charge in [0.25, 0.3) is 5.95 Å². The molecular formula is C26H22N4O4. The Morgan fingerprint density at radius 2 is 1.65 bits per heavy atom. The van der Waals surface area contributed by atoms with Crippen molar-refractivity contribution in [2.24, 2.45) is 0 Å². The number of ether oxygens (including phenoxy) is 1. The predicted octanol–water partition coefficient (Wildman–Crippen LogP) is 4.54. The van der Waals surface area contributed by atoms with E-state index in [4.69, 9.17) is 4.74 Å². The third kappa shape index (κ3) is 5.02. The van der Waals surface area contributed by atoms with Crippen LogP contribution in [0.2, 0.25) is 0 Å². The number of aromatic hydroxyl groups is 2. The summed E-state index contributed by atoms with van der Waals surface area (Å²) in [5.41, 5.74) is 3.98. The summed E-state index contributed by atoms with van der Waals surface area (Å²) >= 11 is 0. The van der Waals surface area contributed by atoms with Crippen LogP contribution in [0.4, 0.5) is 0 Å². The second-order valence-corrected chi connectivity index (χ2v) is 7.44. The second-order valence-electron chi connectivity index (χ2n) is 7.44. The highest BCUT2D eigenvalue weighted by Gasteiger charge is 2.10. The summed E-state index contributed by atoms with van der Waals surface area (Å²) in [5.74, 6) is 0.809. The van der Waals surface area contributed by atoms with Crippen molar-refractivity contribution in [2.75, 3.05) is 7.11 Å². The van der Waals surface area contributed by atoms with Crippen molar-refractivity contribution in [1.82, 2.24) is 19.7 Å². The van der Waals surface area contributed by atoms with Crippen molar-refractivity contribution < 1.29 is 19.7 Å². The molecule has 170 valence electrons. The molecule has 2 aromatic heterocycles. The van der Waals surface area contributed by atoms with Crippen LogP contribution >= 0.6 is 0 Å². The first-order chi connectivity index (χ1) is 16.5. The van der Waals surface area contributed by atoms with Gasteiger partial charge >= 0.3 is 0 Å². The summed E-state index contributed by atoms with van der Waals surface area (Å²) in [7, 11) is 1.50. The number of methoxy groups -OCH3 is 1. The van der Waals surface area contributed by atoms with Gasteiger partial charge in [0.05, 0.1) is 24.1 Å². The fourth-order valence-electron chi connectivity index (χ4n) is 3.24. The summed E-state index contributed by atoms with van der Waals surface area (Å²) < 4.78 is 6.81. The molecule has 0 aliphatic rings. The van der Waals surface area contributed by atoms with E-state index in [0.29, 0.717) is 23.7 Å². The van der Waals surface area contributed by atoms with Gasteiger partial charge in [-0.1, -0.05) is 24.3 Å². The highest BCUT2D eigenvalue weighted by atomic mass is 16.5. The smallest absolute Gasteiger partial charge is 0.251 e. The van der Waals surface area contributed by atoms with Gasteiger partial charge in [-0.3, -0.25) is 4.79 Å². The molecule has 0 spiro atoms. The quantitative estimate of drug-likeness (QED) is 0.394. The molecule has 2 N–H and O–H groups in total. The Morgan fingerprint density at radius 3 is 2.38 bits per heavy atom. The van der Waals surface area contributed by atoms with Gasteiger partial charge in [0, 0.05) is 11.9 Å². The second kappa shape index (κ2) is 9.83. The molecule has 0 fully saturated rings. The lowest BCUT2D eigenvalue weighted by molar-refractivity contribution is 0.112. The summed E-state index contributed by atoms with van der Waals surface area (Å²) in [6, 6.07) is 13.5. The van der Waals surface area contributed by atoms with E-state index < -0.39 is 0 Å². The zero-order valence-electron chi connectivity index (χ0n) is 18.6. The van der Waals surface area contributed by atoms with Crippen LogP contribution in [0.25, 0.3) is 30.3 Å². The Hall–Kier alpha value is -4.72. The summed E-state index contributed by atoms with van der Waals surface area (Å²) in [4.78, 5) is 19.9. The molecule has 34 heavy (non-hydrogen) atoms. The van der Waals surface area contributed by atoms with Gasteiger partial charge in [-0.15, -0.1) is 0 Å². The molecule has 0 saturated carbocycles. The number of phenols is 2. The first-order valence-electron chi connectivity index (χ1n) is 10.4. The maximum atomic E-state index is 11.1. The van der Waals surface area contributed by atoms with Crippen LogP contribution in [0, 0.1) is 6.92 Å². The molecule has 0 aliphatic carbocycles. The number of aldehydes is 1. The number of nitrogens with zero attached hydrogens (tertiary/aromatic N) is 4.